The molecule has 3 heteroatoms. The molecule has 0 aromatic carbocycles. The minimum Gasteiger partial charge on any atom is -0.363 e. The van der Waals surface area contributed by atoms with Gasteiger partial charge in [-0.3, -0.25) is 5.32 Å². The summed E-state index contributed by atoms with van der Waals surface area (Å²) in [6.07, 6.45) is 0. The molecule has 0 heterocycles. The summed E-state index contributed by atoms with van der Waals surface area (Å²) in [5, 5.41) is 13.6. The molecule has 9 heavy (non-hydrogen) atoms. The smallest absolute Gasteiger partial charge is 0.121 e. The van der Waals surface area contributed by atoms with Crippen LogP contribution in [0.2, 0.25) is 0 Å². The van der Waals surface area contributed by atoms with Crippen molar-refractivity contribution in [1.82, 2.24) is 5.32 Å². The summed E-state index contributed by atoms with van der Waals surface area (Å²) in [7, 11) is 1.78. The van der Waals surface area contributed by atoms with Crippen molar-refractivity contribution >= 4 is 0 Å². The second kappa shape index (κ2) is 3.82. The first-order chi connectivity index (χ1) is 4.06. The molecule has 3 nitrogen and oxygen atoms in total. The van der Waals surface area contributed by atoms with E-state index in [1.807, 2.05) is 0 Å². The van der Waals surface area contributed by atoms with Gasteiger partial charge in [0.15, 0.2) is 0 Å². The third-order valence-electron chi connectivity index (χ3n) is 0.696. The van der Waals surface area contributed by atoms with Gasteiger partial charge in [0.2, 0.25) is 0 Å². The van der Waals surface area contributed by atoms with Crippen molar-refractivity contribution in [3.63, 3.8) is 0 Å². The van der Waals surface area contributed by atoms with Crippen LogP contribution in [0.4, 0.5) is 0 Å². The maximum atomic E-state index is 10.8. The second-order valence-corrected chi connectivity index (χ2v) is 2.61. The zero-order chi connectivity index (χ0) is 7.33. The molecular formula is C6H14NO2. The lowest BCUT2D eigenvalue weighted by Crippen LogP contribution is -2.27. The molecule has 0 aliphatic rings. The summed E-state index contributed by atoms with van der Waals surface area (Å²) in [5.41, 5.74) is -0.961. The summed E-state index contributed by atoms with van der Waals surface area (Å²) in [6.45, 7) is 3.91. The number of nitrogens with one attached hydrogen (secondary N) is 1. The van der Waals surface area contributed by atoms with Gasteiger partial charge >= 0.3 is 0 Å². The molecule has 0 rings (SSSR count). The molecule has 0 saturated carbocycles. The van der Waals surface area contributed by atoms with Crippen LogP contribution in [0.5, 0.6) is 0 Å². The van der Waals surface area contributed by atoms with Crippen molar-refractivity contribution in [2.24, 2.45) is 0 Å². The largest absolute Gasteiger partial charge is 0.363 e. The predicted molar refractivity (Wildman–Crippen MR) is 34.6 cm³/mol. The predicted octanol–water partition coefficient (Wildman–Crippen LogP) is 0.389. The molecule has 1 radical (unpaired) electrons. The van der Waals surface area contributed by atoms with Crippen molar-refractivity contribution in [3.8, 4) is 0 Å². The molecule has 0 fully saturated rings. The lowest BCUT2D eigenvalue weighted by Gasteiger charge is -2.13. The Kier molecular flexibility index (Phi) is 3.77. The Balaban J connectivity index is 3.07. The molecule has 0 saturated heterocycles. The lowest BCUT2D eigenvalue weighted by molar-refractivity contribution is -0.0683. The quantitative estimate of drug-likeness (QED) is 0.444. The molecule has 0 bridgehead atoms. The third-order valence-corrected chi connectivity index (χ3v) is 0.696. The standard InChI is InChI=1S/C6H14NO2/c1-6(2,8)4-9-5-7-3/h7H,4-5H2,1-3H3. The van der Waals surface area contributed by atoms with E-state index in [-0.39, 0.29) is 6.61 Å². The molecule has 0 aromatic heterocycles. The van der Waals surface area contributed by atoms with Crippen LogP contribution in [-0.2, 0) is 9.84 Å². The highest BCUT2D eigenvalue weighted by molar-refractivity contribution is 4.61. The summed E-state index contributed by atoms with van der Waals surface area (Å²) in [6, 6.07) is 0. The highest BCUT2D eigenvalue weighted by atomic mass is 16.5. The van der Waals surface area contributed by atoms with Gasteiger partial charge in [-0.1, -0.05) is 0 Å². The van der Waals surface area contributed by atoms with Gasteiger partial charge in [-0.05, 0) is 20.9 Å². The second-order valence-electron chi connectivity index (χ2n) is 2.61. The fraction of sp³-hybridized carbons (Fsp3) is 1.00. The molecule has 0 amide bonds. The maximum absolute atomic E-state index is 10.8. The van der Waals surface area contributed by atoms with Gasteiger partial charge in [-0.2, -0.15) is 0 Å². The number of rotatable bonds is 4. The molecule has 0 unspecified atom stereocenters. The topological polar surface area (TPSA) is 41.2 Å². The number of ether oxygens (including phenoxy) is 1. The Morgan fingerprint density at radius 2 is 2.11 bits per heavy atom. The van der Waals surface area contributed by atoms with E-state index in [1.54, 1.807) is 20.9 Å². The SMILES string of the molecule is CNCOCC(C)(C)[O]. The van der Waals surface area contributed by atoms with Crippen molar-refractivity contribution in [2.45, 2.75) is 19.4 Å². The average molecular weight is 132 g/mol. The van der Waals surface area contributed by atoms with Gasteiger partial charge in [-0.25, -0.2) is 5.11 Å². The molecule has 1 N–H and O–H groups in total. The van der Waals surface area contributed by atoms with Gasteiger partial charge in [0.05, 0.1) is 13.3 Å². The molecular weight excluding hydrogens is 118 g/mol. The Labute approximate surface area is 56.0 Å². The lowest BCUT2D eigenvalue weighted by atomic mass is 10.2. The van der Waals surface area contributed by atoms with Crippen molar-refractivity contribution in [1.29, 1.82) is 0 Å². The molecule has 0 aliphatic carbocycles. The van der Waals surface area contributed by atoms with E-state index in [2.05, 4.69) is 5.32 Å². The maximum Gasteiger partial charge on any atom is 0.121 e. The van der Waals surface area contributed by atoms with Crippen LogP contribution in [0, 0.1) is 0 Å². The third kappa shape index (κ3) is 7.88. The van der Waals surface area contributed by atoms with E-state index in [1.165, 1.54) is 0 Å². The summed E-state index contributed by atoms with van der Waals surface area (Å²) < 4.78 is 4.92. The summed E-state index contributed by atoms with van der Waals surface area (Å²) in [4.78, 5) is 0. The Bertz CT molecular complexity index is 67.9. The fourth-order valence-electron chi connectivity index (χ4n) is 0.399. The van der Waals surface area contributed by atoms with Crippen molar-refractivity contribution in [3.05, 3.63) is 0 Å². The van der Waals surface area contributed by atoms with E-state index >= 15 is 0 Å². The van der Waals surface area contributed by atoms with Gasteiger partial charge in [0.25, 0.3) is 0 Å². The van der Waals surface area contributed by atoms with E-state index < -0.39 is 5.60 Å². The van der Waals surface area contributed by atoms with Crippen LogP contribution in [-0.4, -0.2) is 26.0 Å². The van der Waals surface area contributed by atoms with E-state index in [9.17, 15) is 5.11 Å². The summed E-state index contributed by atoms with van der Waals surface area (Å²) in [5.74, 6) is 0. The van der Waals surface area contributed by atoms with Crippen molar-refractivity contribution in [2.75, 3.05) is 20.4 Å². The first-order valence-corrected chi connectivity index (χ1v) is 2.99. The molecule has 0 aliphatic heterocycles. The van der Waals surface area contributed by atoms with Crippen LogP contribution < -0.4 is 5.32 Å². The van der Waals surface area contributed by atoms with E-state index in [0.717, 1.165) is 0 Å². The normalized spacial score (nSPS) is 12.0. The zero-order valence-corrected chi connectivity index (χ0v) is 6.23. The zero-order valence-electron chi connectivity index (χ0n) is 6.23. The first kappa shape index (κ1) is 8.88. The highest BCUT2D eigenvalue weighted by Gasteiger charge is 2.14. The Hall–Kier alpha value is -0.120. The van der Waals surface area contributed by atoms with E-state index in [4.69, 9.17) is 4.74 Å². The average Bonchev–Trinajstić information content (AvgIpc) is 1.63. The number of hydrogen-bond donors (Lipinski definition) is 1. The number of hydrogen-bond acceptors (Lipinski definition) is 2. The van der Waals surface area contributed by atoms with Crippen molar-refractivity contribution < 1.29 is 9.84 Å². The van der Waals surface area contributed by atoms with Crippen LogP contribution in [0.1, 0.15) is 13.8 Å². The highest BCUT2D eigenvalue weighted by Crippen LogP contribution is 2.00. The van der Waals surface area contributed by atoms with Gasteiger partial charge in [0.1, 0.15) is 5.60 Å². The van der Waals surface area contributed by atoms with E-state index in [0.29, 0.717) is 6.73 Å². The minimum atomic E-state index is -0.961. The van der Waals surface area contributed by atoms with Crippen LogP contribution in [0.25, 0.3) is 0 Å². The van der Waals surface area contributed by atoms with Crippen LogP contribution in [0.3, 0.4) is 0 Å². The fourth-order valence-corrected chi connectivity index (χ4v) is 0.399. The molecule has 0 spiro atoms. The van der Waals surface area contributed by atoms with Gasteiger partial charge < -0.3 is 4.74 Å². The first-order valence-electron chi connectivity index (χ1n) is 2.99. The monoisotopic (exact) mass is 132 g/mol. The minimum absolute atomic E-state index is 0.258. The Morgan fingerprint density at radius 1 is 1.56 bits per heavy atom. The summed E-state index contributed by atoms with van der Waals surface area (Å²) >= 11 is 0. The Morgan fingerprint density at radius 3 is 2.44 bits per heavy atom. The van der Waals surface area contributed by atoms with Crippen LogP contribution >= 0.6 is 0 Å². The van der Waals surface area contributed by atoms with Gasteiger partial charge in [0, 0.05) is 0 Å². The molecule has 55 valence electrons. The molecule has 0 atom stereocenters. The molecule has 0 aromatic rings. The van der Waals surface area contributed by atoms with Crippen LogP contribution in [0.15, 0.2) is 0 Å². The van der Waals surface area contributed by atoms with Gasteiger partial charge in [-0.15, -0.1) is 0 Å².